The number of primary amides is 1. The minimum absolute atomic E-state index is 0.247. The fraction of sp³-hybridized carbons (Fsp3) is 0.130. The Morgan fingerprint density at radius 3 is 2.62 bits per heavy atom. The van der Waals surface area contributed by atoms with E-state index in [1.54, 1.807) is 66.0 Å². The molecule has 0 bridgehead atoms. The minimum Gasteiger partial charge on any atom is -0.484 e. The summed E-state index contributed by atoms with van der Waals surface area (Å²) in [5, 5.41) is 8.86. The molecule has 0 radical (unpaired) electrons. The van der Waals surface area contributed by atoms with Crippen LogP contribution in [-0.4, -0.2) is 29.9 Å². The second kappa shape index (κ2) is 7.61. The number of amides is 2. The van der Waals surface area contributed by atoms with Crippen LogP contribution in [0.3, 0.4) is 0 Å². The quantitative estimate of drug-likeness (QED) is 0.563. The van der Waals surface area contributed by atoms with Crippen molar-refractivity contribution in [1.29, 1.82) is 0 Å². The van der Waals surface area contributed by atoms with E-state index >= 15 is 0 Å². The number of ketones is 1. The maximum absolute atomic E-state index is 13.6. The molecular weight excluding hydrogens is 430 g/mol. The second-order valence-electron chi connectivity index (χ2n) is 7.36. The molecule has 32 heavy (non-hydrogen) atoms. The third kappa shape index (κ3) is 3.05. The number of ether oxygens (including phenoxy) is 1. The second-order valence-corrected chi connectivity index (χ2v) is 8.30. The van der Waals surface area contributed by atoms with E-state index in [4.69, 9.17) is 15.3 Å². The number of carbonyl (C=O) groups excluding carboxylic acids is 3. The zero-order valence-electron chi connectivity index (χ0n) is 16.6. The summed E-state index contributed by atoms with van der Waals surface area (Å²) in [6.45, 7) is -0.247. The third-order valence-electron chi connectivity index (χ3n) is 5.44. The number of hydrogen-bond donors (Lipinski definition) is 2. The summed E-state index contributed by atoms with van der Waals surface area (Å²) in [6.07, 6.45) is 0. The number of oxime groups is 1. The maximum atomic E-state index is 13.6. The molecule has 2 unspecified atom stereocenters. The largest absolute Gasteiger partial charge is 0.484 e. The van der Waals surface area contributed by atoms with E-state index in [9.17, 15) is 14.4 Å². The average molecular weight is 447 g/mol. The molecule has 1 aromatic heterocycles. The molecule has 160 valence electrons. The molecule has 0 saturated carbocycles. The van der Waals surface area contributed by atoms with Gasteiger partial charge in [-0.3, -0.25) is 14.4 Å². The Labute approximate surface area is 186 Å². The van der Waals surface area contributed by atoms with E-state index in [-0.39, 0.29) is 12.4 Å². The molecule has 0 fully saturated rings. The summed E-state index contributed by atoms with van der Waals surface area (Å²) in [6, 6.07) is 17.3. The van der Waals surface area contributed by atoms with Crippen LogP contribution in [0.25, 0.3) is 0 Å². The third-order valence-corrected chi connectivity index (χ3v) is 6.32. The topological polar surface area (TPSA) is 120 Å². The van der Waals surface area contributed by atoms with Crippen LogP contribution >= 0.6 is 11.3 Å². The Kier molecular flexibility index (Phi) is 4.75. The number of anilines is 1. The molecule has 8 nitrogen and oxygen atoms in total. The highest BCUT2D eigenvalue weighted by Crippen LogP contribution is 2.50. The van der Waals surface area contributed by atoms with Gasteiger partial charge >= 0.3 is 0 Å². The molecule has 9 heteroatoms. The number of thiophene rings is 1. The van der Waals surface area contributed by atoms with Crippen molar-refractivity contribution in [2.75, 3.05) is 11.9 Å². The molecule has 2 aliphatic heterocycles. The fourth-order valence-corrected chi connectivity index (χ4v) is 4.71. The Morgan fingerprint density at radius 1 is 1.12 bits per heavy atom. The lowest BCUT2D eigenvalue weighted by atomic mass is 9.75. The van der Waals surface area contributed by atoms with Crippen LogP contribution in [0.15, 0.2) is 71.2 Å². The van der Waals surface area contributed by atoms with E-state index in [1.165, 1.54) is 11.3 Å². The lowest BCUT2D eigenvalue weighted by molar-refractivity contribution is -0.140. The van der Waals surface area contributed by atoms with E-state index < -0.39 is 23.3 Å². The highest BCUT2D eigenvalue weighted by atomic mass is 32.1. The van der Waals surface area contributed by atoms with Crippen molar-refractivity contribution < 1.29 is 24.0 Å². The smallest absolute Gasteiger partial charge is 0.277 e. The minimum atomic E-state index is -1.59. The van der Waals surface area contributed by atoms with Gasteiger partial charge in [-0.1, -0.05) is 29.4 Å². The number of carbonyl (C=O) groups is 3. The number of fused-ring (bicyclic) bond motifs is 2. The van der Waals surface area contributed by atoms with Crippen LogP contribution in [0.5, 0.6) is 5.75 Å². The summed E-state index contributed by atoms with van der Waals surface area (Å²) in [5.41, 5.74) is 5.63. The van der Waals surface area contributed by atoms with Gasteiger partial charge in [-0.2, -0.15) is 0 Å². The number of nitrogens with one attached hydrogen (secondary N) is 1. The molecule has 5 rings (SSSR count). The van der Waals surface area contributed by atoms with E-state index in [2.05, 4.69) is 10.5 Å². The summed E-state index contributed by atoms with van der Waals surface area (Å²) < 4.78 is 5.30. The van der Waals surface area contributed by atoms with Gasteiger partial charge in [-0.25, -0.2) is 0 Å². The molecule has 3 aromatic rings. The molecule has 1 spiro atoms. The first kappa shape index (κ1) is 20.0. The molecule has 2 atom stereocenters. The van der Waals surface area contributed by atoms with Gasteiger partial charge in [0.2, 0.25) is 0 Å². The summed E-state index contributed by atoms with van der Waals surface area (Å²) in [7, 11) is 0. The Hall–Kier alpha value is -3.98. The highest BCUT2D eigenvalue weighted by molar-refractivity contribution is 7.12. The van der Waals surface area contributed by atoms with Gasteiger partial charge in [-0.15, -0.1) is 11.3 Å². The molecule has 3 N–H and O–H groups in total. The van der Waals surface area contributed by atoms with Crippen LogP contribution in [-0.2, 0) is 20.0 Å². The standard InChI is InChI=1S/C23H17N3O5S/c24-18(27)12-30-14-9-7-13(8-10-14)20-19(21(28)17-6-3-11-32-17)23(31-26-20)15-4-1-2-5-16(15)25-22(23)29/h1-11,19H,12H2,(H2,24,27)(H,25,29). The van der Waals surface area contributed by atoms with Crippen LogP contribution < -0.4 is 15.8 Å². The van der Waals surface area contributed by atoms with E-state index in [0.717, 1.165) is 0 Å². The monoisotopic (exact) mass is 447 g/mol. The van der Waals surface area contributed by atoms with Crippen LogP contribution in [0.4, 0.5) is 5.69 Å². The average Bonchev–Trinajstić information content (AvgIpc) is 3.52. The number of nitrogens with two attached hydrogens (primary N) is 1. The molecule has 2 aliphatic rings. The highest BCUT2D eigenvalue weighted by Gasteiger charge is 2.63. The van der Waals surface area contributed by atoms with Crippen LogP contribution in [0.2, 0.25) is 0 Å². The van der Waals surface area contributed by atoms with Gasteiger partial charge < -0.3 is 20.6 Å². The van der Waals surface area contributed by atoms with Crippen molar-refractivity contribution >= 4 is 40.3 Å². The number of rotatable bonds is 6. The van der Waals surface area contributed by atoms with Gasteiger partial charge in [0.15, 0.2) is 12.4 Å². The summed E-state index contributed by atoms with van der Waals surface area (Å²) >= 11 is 1.30. The molecule has 0 aliphatic carbocycles. The first-order valence-corrected chi connectivity index (χ1v) is 10.6. The van der Waals surface area contributed by atoms with Crippen molar-refractivity contribution in [1.82, 2.24) is 0 Å². The number of nitrogens with zero attached hydrogens (tertiary/aromatic N) is 1. The predicted octanol–water partition coefficient (Wildman–Crippen LogP) is 2.69. The van der Waals surface area contributed by atoms with Crippen molar-refractivity contribution in [2.45, 2.75) is 5.60 Å². The Balaban J connectivity index is 1.57. The van der Waals surface area contributed by atoms with Gasteiger partial charge in [-0.05, 0) is 41.8 Å². The van der Waals surface area contributed by atoms with Crippen molar-refractivity contribution in [2.24, 2.45) is 16.8 Å². The van der Waals surface area contributed by atoms with Gasteiger partial charge in [0.1, 0.15) is 17.4 Å². The molecular formula is C23H17N3O5S. The van der Waals surface area contributed by atoms with Gasteiger partial charge in [0.05, 0.1) is 4.88 Å². The zero-order valence-corrected chi connectivity index (χ0v) is 17.4. The zero-order chi connectivity index (χ0) is 22.3. The first-order chi connectivity index (χ1) is 15.5. The van der Waals surface area contributed by atoms with Gasteiger partial charge in [0.25, 0.3) is 17.4 Å². The fourth-order valence-electron chi connectivity index (χ4n) is 4.02. The molecule has 2 aromatic carbocycles. The predicted molar refractivity (Wildman–Crippen MR) is 118 cm³/mol. The molecule has 3 heterocycles. The summed E-state index contributed by atoms with van der Waals surface area (Å²) in [4.78, 5) is 44.1. The number of benzene rings is 2. The Bertz CT molecular complexity index is 1250. The molecule has 0 saturated heterocycles. The molecule has 2 amide bonds. The van der Waals surface area contributed by atoms with Crippen LogP contribution in [0, 0.1) is 5.92 Å². The Morgan fingerprint density at radius 2 is 1.91 bits per heavy atom. The normalized spacial score (nSPS) is 20.9. The number of Topliss-reactive ketones (excluding diaryl/α,β-unsaturated/α-hetero) is 1. The van der Waals surface area contributed by atoms with Crippen LogP contribution in [0.1, 0.15) is 20.8 Å². The summed E-state index contributed by atoms with van der Waals surface area (Å²) in [5.74, 6) is -1.82. The SMILES string of the molecule is NC(=O)COc1ccc(C2=NOC3(C(=O)Nc4ccccc43)C2C(=O)c2cccs2)cc1. The van der Waals surface area contributed by atoms with Crippen molar-refractivity contribution in [3.63, 3.8) is 0 Å². The van der Waals surface area contributed by atoms with Crippen molar-refractivity contribution in [3.05, 3.63) is 82.0 Å². The maximum Gasteiger partial charge on any atom is 0.277 e. The van der Waals surface area contributed by atoms with Crippen molar-refractivity contribution in [3.8, 4) is 5.75 Å². The van der Waals surface area contributed by atoms with Gasteiger partial charge in [0, 0.05) is 16.8 Å². The number of para-hydroxylation sites is 1. The lowest BCUT2D eigenvalue weighted by Crippen LogP contribution is -2.46. The van der Waals surface area contributed by atoms with E-state index in [1.807, 2.05) is 0 Å². The lowest BCUT2D eigenvalue weighted by Gasteiger charge is -2.26. The first-order valence-electron chi connectivity index (χ1n) is 9.77. The van der Waals surface area contributed by atoms with E-state index in [0.29, 0.717) is 33.2 Å². The number of hydrogen-bond acceptors (Lipinski definition) is 7.